The number of benzene rings is 1. The van der Waals surface area contributed by atoms with Crippen LogP contribution >= 0.6 is 0 Å². The maximum absolute atomic E-state index is 13.5. The van der Waals surface area contributed by atoms with E-state index in [0.717, 1.165) is 12.3 Å². The van der Waals surface area contributed by atoms with Crippen LogP contribution in [0.2, 0.25) is 0 Å². The second-order valence-electron chi connectivity index (χ2n) is 4.82. The molecule has 1 N–H and O–H groups in total. The standard InChI is InChI=1S/C14H10F2NO4/c1-21-11-3-6(15)2-7-12(11)17(10-4-9(10)16)5-8(13(7)18)14(19)20/h2,5,9-10H,4H2,1H3,(H,19,20)/t9-,10-/m1/s1. The molecule has 3 rings (SSSR count). The molecule has 7 heteroatoms. The van der Waals surface area contributed by atoms with Gasteiger partial charge in [-0.05, 0) is 6.07 Å². The van der Waals surface area contributed by atoms with Crippen molar-refractivity contribution in [3.8, 4) is 5.75 Å². The number of halogens is 2. The Kier molecular flexibility index (Phi) is 2.93. The van der Waals surface area contributed by atoms with Gasteiger partial charge in [0.1, 0.15) is 17.6 Å². The van der Waals surface area contributed by atoms with Gasteiger partial charge in [-0.2, -0.15) is 0 Å². The Morgan fingerprint density at radius 3 is 2.76 bits per heavy atom. The molecule has 1 saturated carbocycles. The van der Waals surface area contributed by atoms with Crippen molar-refractivity contribution in [1.29, 1.82) is 0 Å². The summed E-state index contributed by atoms with van der Waals surface area (Å²) in [5.41, 5.74) is -1.22. The van der Waals surface area contributed by atoms with Gasteiger partial charge in [0.25, 0.3) is 0 Å². The third-order valence-electron chi connectivity index (χ3n) is 3.46. The molecule has 21 heavy (non-hydrogen) atoms. The number of hydrogen-bond donors (Lipinski definition) is 1. The molecule has 2 atom stereocenters. The third kappa shape index (κ3) is 2.05. The molecule has 0 unspecified atom stereocenters. The molecule has 2 aromatic rings. The van der Waals surface area contributed by atoms with Gasteiger partial charge >= 0.3 is 5.97 Å². The van der Waals surface area contributed by atoms with E-state index in [9.17, 15) is 18.4 Å². The fourth-order valence-electron chi connectivity index (χ4n) is 2.36. The normalized spacial score (nSPS) is 20.5. The summed E-state index contributed by atoms with van der Waals surface area (Å²) in [5, 5.41) is 8.91. The number of methoxy groups -OCH3 is 1. The van der Waals surface area contributed by atoms with Crippen molar-refractivity contribution in [2.45, 2.75) is 18.6 Å². The second-order valence-corrected chi connectivity index (χ2v) is 4.82. The molecule has 0 bridgehead atoms. The number of rotatable bonds is 3. The fraction of sp³-hybridized carbons (Fsp3) is 0.286. The lowest BCUT2D eigenvalue weighted by atomic mass is 10.1. The van der Waals surface area contributed by atoms with E-state index in [1.54, 1.807) is 0 Å². The van der Waals surface area contributed by atoms with Crippen LogP contribution in [-0.4, -0.2) is 28.9 Å². The first-order chi connectivity index (χ1) is 9.93. The molecule has 1 aromatic heterocycles. The Bertz CT molecular complexity index is 815. The van der Waals surface area contributed by atoms with Gasteiger partial charge in [0.05, 0.1) is 30.1 Å². The van der Waals surface area contributed by atoms with E-state index < -0.39 is 35.0 Å². The number of aromatic nitrogens is 1. The number of carbonyl (C=O) groups is 1. The van der Waals surface area contributed by atoms with Crippen LogP contribution < -0.4 is 10.2 Å². The summed E-state index contributed by atoms with van der Waals surface area (Å²) in [7, 11) is 1.27. The van der Waals surface area contributed by atoms with Crippen molar-refractivity contribution in [2.24, 2.45) is 0 Å². The molecule has 1 aromatic carbocycles. The number of fused-ring (bicyclic) bond motifs is 1. The van der Waals surface area contributed by atoms with E-state index in [-0.39, 0.29) is 23.1 Å². The molecule has 1 aliphatic rings. The van der Waals surface area contributed by atoms with Crippen LogP contribution in [0.25, 0.3) is 10.9 Å². The van der Waals surface area contributed by atoms with Gasteiger partial charge in [-0.1, -0.05) is 0 Å². The first-order valence-corrected chi connectivity index (χ1v) is 6.16. The first-order valence-electron chi connectivity index (χ1n) is 6.16. The third-order valence-corrected chi connectivity index (χ3v) is 3.46. The summed E-state index contributed by atoms with van der Waals surface area (Å²) in [6, 6.07) is 2.60. The number of hydrogen-bond acceptors (Lipinski definition) is 3. The number of carboxylic acids is 1. The molecule has 1 radical (unpaired) electrons. The van der Waals surface area contributed by atoms with Crippen molar-refractivity contribution in [2.75, 3.05) is 7.11 Å². The molecule has 1 heterocycles. The van der Waals surface area contributed by atoms with Gasteiger partial charge in [-0.3, -0.25) is 4.79 Å². The Morgan fingerprint density at radius 2 is 2.24 bits per heavy atom. The SMILES string of the molecule is COc1[c]c(F)cc2c(=O)c(C(=O)O)cn([C@@H]3C[C@H]3F)c12. The number of nitrogens with zero attached hydrogens (tertiary/aromatic N) is 1. The Morgan fingerprint density at radius 1 is 1.57 bits per heavy atom. The van der Waals surface area contributed by atoms with Crippen LogP contribution in [0.3, 0.4) is 0 Å². The zero-order valence-corrected chi connectivity index (χ0v) is 10.9. The maximum Gasteiger partial charge on any atom is 0.341 e. The van der Waals surface area contributed by atoms with Crippen LogP contribution in [0.15, 0.2) is 17.1 Å². The lowest BCUT2D eigenvalue weighted by molar-refractivity contribution is 0.0694. The number of ether oxygens (including phenoxy) is 1. The Balaban J connectivity index is 2.45. The van der Waals surface area contributed by atoms with E-state index in [1.165, 1.54) is 11.7 Å². The summed E-state index contributed by atoms with van der Waals surface area (Å²) in [5.74, 6) is -2.35. The summed E-state index contributed by atoms with van der Waals surface area (Å²) < 4.78 is 33.2. The average molecular weight is 294 g/mol. The zero-order chi connectivity index (χ0) is 15.3. The smallest absolute Gasteiger partial charge is 0.341 e. The molecular formula is C14H10F2NO4. The van der Waals surface area contributed by atoms with Gasteiger partial charge in [0.2, 0.25) is 5.43 Å². The fourth-order valence-corrected chi connectivity index (χ4v) is 2.36. The van der Waals surface area contributed by atoms with E-state index >= 15 is 0 Å². The summed E-state index contributed by atoms with van der Waals surface area (Å²) in [4.78, 5) is 23.3. The van der Waals surface area contributed by atoms with Crippen molar-refractivity contribution in [1.82, 2.24) is 4.57 Å². The quantitative estimate of drug-likeness (QED) is 0.939. The maximum atomic E-state index is 13.5. The minimum absolute atomic E-state index is 0.0573. The van der Waals surface area contributed by atoms with Crippen molar-refractivity contribution in [3.05, 3.63) is 39.9 Å². The van der Waals surface area contributed by atoms with Crippen LogP contribution in [0, 0.1) is 11.9 Å². The minimum Gasteiger partial charge on any atom is -0.494 e. The number of alkyl halides is 1. The van der Waals surface area contributed by atoms with E-state index in [0.29, 0.717) is 0 Å². The lowest BCUT2D eigenvalue weighted by Gasteiger charge is -2.14. The van der Waals surface area contributed by atoms with Gasteiger partial charge in [-0.25, -0.2) is 13.6 Å². The minimum atomic E-state index is -1.45. The number of pyridine rings is 1. The molecule has 0 aliphatic heterocycles. The Hall–Kier alpha value is -2.44. The topological polar surface area (TPSA) is 68.5 Å². The predicted molar refractivity (Wildman–Crippen MR) is 69.1 cm³/mol. The molecule has 5 nitrogen and oxygen atoms in total. The highest BCUT2D eigenvalue weighted by molar-refractivity contribution is 5.94. The molecule has 0 saturated heterocycles. The van der Waals surface area contributed by atoms with Crippen LogP contribution in [0.1, 0.15) is 22.8 Å². The largest absolute Gasteiger partial charge is 0.494 e. The molecular weight excluding hydrogens is 284 g/mol. The van der Waals surface area contributed by atoms with Gasteiger partial charge < -0.3 is 14.4 Å². The molecule has 0 amide bonds. The highest BCUT2D eigenvalue weighted by Gasteiger charge is 2.40. The van der Waals surface area contributed by atoms with Crippen molar-refractivity contribution < 1.29 is 23.4 Å². The van der Waals surface area contributed by atoms with Gasteiger partial charge in [-0.15, -0.1) is 0 Å². The van der Waals surface area contributed by atoms with E-state index in [1.807, 2.05) is 0 Å². The average Bonchev–Trinajstić information content (AvgIpc) is 3.15. The molecule has 109 valence electrons. The summed E-state index contributed by atoms with van der Waals surface area (Å²) >= 11 is 0. The highest BCUT2D eigenvalue weighted by Crippen LogP contribution is 2.42. The highest BCUT2D eigenvalue weighted by atomic mass is 19.1. The van der Waals surface area contributed by atoms with Crippen LogP contribution in [-0.2, 0) is 0 Å². The van der Waals surface area contributed by atoms with E-state index in [2.05, 4.69) is 6.07 Å². The van der Waals surface area contributed by atoms with Crippen LogP contribution in [0.4, 0.5) is 8.78 Å². The van der Waals surface area contributed by atoms with Crippen molar-refractivity contribution in [3.63, 3.8) is 0 Å². The molecule has 1 aliphatic carbocycles. The van der Waals surface area contributed by atoms with Crippen LogP contribution in [0.5, 0.6) is 5.75 Å². The van der Waals surface area contributed by atoms with Gasteiger partial charge in [0, 0.05) is 12.6 Å². The summed E-state index contributed by atoms with van der Waals surface area (Å²) in [6.45, 7) is 0. The van der Waals surface area contributed by atoms with E-state index in [4.69, 9.17) is 9.84 Å². The van der Waals surface area contributed by atoms with Gasteiger partial charge in [0.15, 0.2) is 5.75 Å². The predicted octanol–water partition coefficient (Wildman–Crippen LogP) is 1.93. The first kappa shape index (κ1) is 13.5. The summed E-state index contributed by atoms with van der Waals surface area (Å²) in [6.07, 6.45) is 0.149. The second kappa shape index (κ2) is 4.54. The van der Waals surface area contributed by atoms with Crippen molar-refractivity contribution >= 4 is 16.9 Å². The molecule has 0 spiro atoms. The number of aromatic carboxylic acids is 1. The monoisotopic (exact) mass is 294 g/mol. The zero-order valence-electron chi connectivity index (χ0n) is 10.9. The Labute approximate surface area is 117 Å². The number of carboxylic acid groups (broad SMARTS) is 1. The molecule has 1 fully saturated rings. The lowest BCUT2D eigenvalue weighted by Crippen LogP contribution is -2.19.